The number of hydrogen-bond donors (Lipinski definition) is 3. The Morgan fingerprint density at radius 1 is 1.23 bits per heavy atom. The van der Waals surface area contributed by atoms with Crippen molar-refractivity contribution in [1.82, 2.24) is 15.0 Å². The molecule has 0 bridgehead atoms. The molecule has 4 rings (SSSR count). The topological polar surface area (TPSA) is 154 Å². The van der Waals surface area contributed by atoms with Crippen LogP contribution in [0, 0.1) is 25.6 Å². The van der Waals surface area contributed by atoms with Gasteiger partial charge in [0.1, 0.15) is 29.1 Å². The van der Waals surface area contributed by atoms with Crippen LogP contribution in [-0.2, 0) is 21.2 Å². The van der Waals surface area contributed by atoms with E-state index in [0.717, 1.165) is 24.3 Å². The van der Waals surface area contributed by atoms with Crippen LogP contribution < -0.4 is 14.8 Å². The van der Waals surface area contributed by atoms with Crippen molar-refractivity contribution in [2.24, 2.45) is 5.92 Å². The highest BCUT2D eigenvalue weighted by molar-refractivity contribution is 7.92. The van der Waals surface area contributed by atoms with Crippen LogP contribution >= 0.6 is 0 Å². The van der Waals surface area contributed by atoms with Crippen LogP contribution in [0.1, 0.15) is 30.9 Å². The van der Waals surface area contributed by atoms with E-state index < -0.39 is 34.0 Å². The number of fused-ring (bicyclic) bond motifs is 1. The van der Waals surface area contributed by atoms with Gasteiger partial charge in [0.15, 0.2) is 5.76 Å². The highest BCUT2D eigenvalue weighted by atomic mass is 32.2. The molecule has 0 aliphatic carbocycles. The van der Waals surface area contributed by atoms with Gasteiger partial charge >= 0.3 is 6.03 Å². The minimum absolute atomic E-state index is 0.117. The number of urea groups is 1. The number of benzene rings is 2. The van der Waals surface area contributed by atoms with Gasteiger partial charge in [0.2, 0.25) is 5.91 Å². The minimum Gasteiger partial charge on any atom is -0.488 e. The molecule has 12 nitrogen and oxygen atoms in total. The van der Waals surface area contributed by atoms with E-state index in [-0.39, 0.29) is 48.5 Å². The third kappa shape index (κ3) is 7.43. The summed E-state index contributed by atoms with van der Waals surface area (Å²) in [7, 11) is -2.43. The second kappa shape index (κ2) is 13.0. The molecule has 1 aromatic heterocycles. The van der Waals surface area contributed by atoms with Crippen LogP contribution in [0.3, 0.4) is 0 Å². The molecule has 0 unspecified atom stereocenters. The van der Waals surface area contributed by atoms with E-state index in [2.05, 4.69) is 15.2 Å². The van der Waals surface area contributed by atoms with E-state index in [1.54, 1.807) is 38.8 Å². The predicted molar refractivity (Wildman–Crippen MR) is 157 cm³/mol. The number of aryl methyl sites for hydroxylation is 2. The molecule has 3 aromatic rings. The summed E-state index contributed by atoms with van der Waals surface area (Å²) < 4.78 is 53.2. The summed E-state index contributed by atoms with van der Waals surface area (Å²) in [5, 5.41) is 16.5. The van der Waals surface area contributed by atoms with Crippen LogP contribution in [0.4, 0.5) is 20.6 Å². The van der Waals surface area contributed by atoms with Gasteiger partial charge in [0.05, 0.1) is 30.5 Å². The number of carbonyl (C=O) groups excluding carboxylic acids is 2. The molecule has 2 aromatic carbocycles. The molecule has 0 saturated carbocycles. The van der Waals surface area contributed by atoms with Crippen LogP contribution in [0.25, 0.3) is 0 Å². The summed E-state index contributed by atoms with van der Waals surface area (Å²) in [6.45, 7) is 7.18. The fraction of sp³-hybridized carbons (Fsp3) is 0.414. The number of rotatable bonds is 8. The number of amides is 3. The molecule has 1 aliphatic rings. The highest BCUT2D eigenvalue weighted by Crippen LogP contribution is 2.30. The smallest absolute Gasteiger partial charge is 0.321 e. The molecule has 2 heterocycles. The molecule has 0 saturated heterocycles. The number of sulfonamides is 1. The summed E-state index contributed by atoms with van der Waals surface area (Å²) in [5.41, 5.74) is 1.62. The lowest BCUT2D eigenvalue weighted by Crippen LogP contribution is -2.48. The van der Waals surface area contributed by atoms with Gasteiger partial charge in [-0.2, -0.15) is 0 Å². The van der Waals surface area contributed by atoms with Crippen molar-refractivity contribution < 1.29 is 36.8 Å². The zero-order valence-electron chi connectivity index (χ0n) is 24.6. The maximum Gasteiger partial charge on any atom is 0.321 e. The predicted octanol–water partition coefficient (Wildman–Crippen LogP) is 3.54. The third-order valence-electron chi connectivity index (χ3n) is 7.36. The van der Waals surface area contributed by atoms with Gasteiger partial charge in [-0.15, -0.1) is 0 Å². The standard InChI is InChI=1S/C29H36FN5O7S/c1-17-14-35(18(2)16-36)27(37)13-21-12-23(33-43(39,40)24-9-6-22(30)7-10-24)8-11-25(21)41-26(17)15-34(5)29(38)31-28-19(3)32-42-20(28)4/h6-12,17-18,26,33,36H,13-16H2,1-5H3,(H,31,38)/t17-,18+,26-/m1/s1. The van der Waals surface area contributed by atoms with Crippen LogP contribution in [0.5, 0.6) is 5.75 Å². The Hall–Kier alpha value is -4.17. The van der Waals surface area contributed by atoms with E-state index in [4.69, 9.17) is 9.26 Å². The number of nitrogens with one attached hydrogen (secondary N) is 2. The van der Waals surface area contributed by atoms with E-state index in [9.17, 15) is 27.5 Å². The molecule has 0 fully saturated rings. The van der Waals surface area contributed by atoms with Gasteiger partial charge in [-0.25, -0.2) is 17.6 Å². The van der Waals surface area contributed by atoms with Crippen LogP contribution in [0.15, 0.2) is 51.9 Å². The molecule has 3 amide bonds. The normalized spacial score (nSPS) is 18.0. The van der Waals surface area contributed by atoms with Gasteiger partial charge in [-0.3, -0.25) is 9.52 Å². The van der Waals surface area contributed by atoms with Crippen molar-refractivity contribution in [1.29, 1.82) is 0 Å². The molecule has 3 atom stereocenters. The maximum absolute atomic E-state index is 13.5. The minimum atomic E-state index is -4.04. The average Bonchev–Trinajstić information content (AvgIpc) is 3.29. The summed E-state index contributed by atoms with van der Waals surface area (Å²) in [6, 6.07) is 8.10. The number of hydrogen-bond acceptors (Lipinski definition) is 8. The van der Waals surface area contributed by atoms with Gasteiger partial charge in [-0.1, -0.05) is 12.1 Å². The second-order valence-corrected chi connectivity index (χ2v) is 12.5. The fourth-order valence-electron chi connectivity index (χ4n) is 4.76. The molecule has 3 N–H and O–H groups in total. The lowest BCUT2D eigenvalue weighted by atomic mass is 10.0. The average molecular weight is 618 g/mol. The Balaban J connectivity index is 1.62. The number of carbonyl (C=O) groups is 2. The summed E-state index contributed by atoms with van der Waals surface area (Å²) in [5.74, 6) is -0.285. The monoisotopic (exact) mass is 617 g/mol. The summed E-state index contributed by atoms with van der Waals surface area (Å²) >= 11 is 0. The van der Waals surface area contributed by atoms with Crippen molar-refractivity contribution >= 4 is 33.3 Å². The van der Waals surface area contributed by atoms with Crippen molar-refractivity contribution in [3.05, 3.63) is 65.3 Å². The van der Waals surface area contributed by atoms with Gasteiger partial charge in [0.25, 0.3) is 10.0 Å². The first-order chi connectivity index (χ1) is 20.3. The molecule has 0 spiro atoms. The van der Waals surface area contributed by atoms with Crippen molar-refractivity contribution in [3.8, 4) is 5.75 Å². The number of anilines is 2. The molecule has 0 radical (unpaired) electrons. The molecular weight excluding hydrogens is 581 g/mol. The lowest BCUT2D eigenvalue weighted by Gasteiger charge is -2.34. The Labute approximate surface area is 249 Å². The number of aromatic nitrogens is 1. The molecule has 1 aliphatic heterocycles. The van der Waals surface area contributed by atoms with Gasteiger partial charge in [-0.05, 0) is 63.2 Å². The van der Waals surface area contributed by atoms with E-state index in [1.165, 1.54) is 17.0 Å². The first kappa shape index (κ1) is 31.8. The summed E-state index contributed by atoms with van der Waals surface area (Å²) in [4.78, 5) is 29.4. The van der Waals surface area contributed by atoms with Crippen molar-refractivity contribution in [2.45, 2.75) is 51.2 Å². The van der Waals surface area contributed by atoms with Gasteiger partial charge < -0.3 is 29.5 Å². The highest BCUT2D eigenvalue weighted by Gasteiger charge is 2.32. The van der Waals surface area contributed by atoms with Crippen LogP contribution in [-0.4, -0.2) is 79.3 Å². The number of aliphatic hydroxyl groups is 1. The fourth-order valence-corrected chi connectivity index (χ4v) is 5.80. The van der Waals surface area contributed by atoms with Crippen LogP contribution in [0.2, 0.25) is 0 Å². The first-order valence-electron chi connectivity index (χ1n) is 13.7. The number of nitrogens with zero attached hydrogens (tertiary/aromatic N) is 3. The SMILES string of the molecule is Cc1noc(C)c1NC(=O)N(C)C[C@H]1Oc2ccc(NS(=O)(=O)c3ccc(F)cc3)cc2CC(=O)N([C@@H](C)CO)C[C@H]1C. The molecule has 43 heavy (non-hydrogen) atoms. The van der Waals surface area contributed by atoms with E-state index in [1.807, 2.05) is 6.92 Å². The number of likely N-dealkylation sites (N-methyl/N-ethyl adjacent to an activating group) is 1. The number of ether oxygens (including phenoxy) is 1. The Morgan fingerprint density at radius 2 is 1.93 bits per heavy atom. The molecule has 232 valence electrons. The van der Waals surface area contributed by atoms with Crippen molar-refractivity contribution in [3.63, 3.8) is 0 Å². The second-order valence-electron chi connectivity index (χ2n) is 10.8. The first-order valence-corrected chi connectivity index (χ1v) is 15.2. The third-order valence-corrected chi connectivity index (χ3v) is 8.76. The Bertz CT molecular complexity index is 1560. The lowest BCUT2D eigenvalue weighted by molar-refractivity contribution is -0.134. The number of halogens is 1. The maximum atomic E-state index is 13.5. The zero-order valence-corrected chi connectivity index (χ0v) is 25.4. The molecular formula is C29H36FN5O7S. The van der Waals surface area contributed by atoms with Crippen molar-refractivity contribution in [2.75, 3.05) is 36.8 Å². The Kier molecular flexibility index (Phi) is 9.60. The zero-order chi connectivity index (χ0) is 31.5. The number of aliphatic hydroxyl groups excluding tert-OH is 1. The molecule has 14 heteroatoms. The van der Waals surface area contributed by atoms with E-state index in [0.29, 0.717) is 28.5 Å². The van der Waals surface area contributed by atoms with E-state index >= 15 is 0 Å². The summed E-state index contributed by atoms with van der Waals surface area (Å²) in [6.07, 6.45) is -0.701. The largest absolute Gasteiger partial charge is 0.488 e. The quantitative estimate of drug-likeness (QED) is 0.347. The Morgan fingerprint density at radius 3 is 2.56 bits per heavy atom. The van der Waals surface area contributed by atoms with Gasteiger partial charge in [0, 0.05) is 30.8 Å².